The number of aromatic nitrogens is 2. The van der Waals surface area contributed by atoms with Gasteiger partial charge in [0.2, 0.25) is 0 Å². The van der Waals surface area contributed by atoms with Crippen molar-refractivity contribution >= 4 is 17.2 Å². The van der Waals surface area contributed by atoms with E-state index in [1.165, 1.54) is 0 Å². The third-order valence-corrected chi connectivity index (χ3v) is 3.97. The molecule has 2 heterocycles. The van der Waals surface area contributed by atoms with Crippen molar-refractivity contribution in [2.24, 2.45) is 0 Å². The standard InChI is InChI=1S/C13H18N4S/c1-8-4-5-16-13(14)12(8)10(15-3)6-11-17-9(2)7-18-11/h4-5,7,10,15H,6H2,1-3H3,(H2,14,16). The molecule has 0 amide bonds. The van der Waals surface area contributed by atoms with Crippen LogP contribution in [0.5, 0.6) is 0 Å². The monoisotopic (exact) mass is 262 g/mol. The van der Waals surface area contributed by atoms with Crippen molar-refractivity contribution in [3.63, 3.8) is 0 Å². The van der Waals surface area contributed by atoms with Gasteiger partial charge in [-0.15, -0.1) is 11.3 Å². The molecule has 0 aromatic carbocycles. The zero-order valence-corrected chi connectivity index (χ0v) is 11.7. The number of hydrogen-bond acceptors (Lipinski definition) is 5. The van der Waals surface area contributed by atoms with E-state index >= 15 is 0 Å². The molecule has 0 radical (unpaired) electrons. The van der Waals surface area contributed by atoms with Crippen molar-refractivity contribution in [1.82, 2.24) is 15.3 Å². The Bertz CT molecular complexity index is 515. The molecule has 4 nitrogen and oxygen atoms in total. The van der Waals surface area contributed by atoms with Gasteiger partial charge in [-0.2, -0.15) is 0 Å². The number of rotatable bonds is 4. The summed E-state index contributed by atoms with van der Waals surface area (Å²) >= 11 is 1.69. The lowest BCUT2D eigenvalue weighted by Crippen LogP contribution is -2.21. The molecule has 3 N–H and O–H groups in total. The average molecular weight is 262 g/mol. The summed E-state index contributed by atoms with van der Waals surface area (Å²) in [6.07, 6.45) is 2.58. The maximum absolute atomic E-state index is 5.99. The van der Waals surface area contributed by atoms with Gasteiger partial charge in [-0.25, -0.2) is 9.97 Å². The fourth-order valence-electron chi connectivity index (χ4n) is 2.06. The van der Waals surface area contributed by atoms with Gasteiger partial charge in [-0.3, -0.25) is 0 Å². The van der Waals surface area contributed by atoms with E-state index in [4.69, 9.17) is 5.73 Å². The maximum Gasteiger partial charge on any atom is 0.128 e. The van der Waals surface area contributed by atoms with E-state index in [-0.39, 0.29) is 6.04 Å². The highest BCUT2D eigenvalue weighted by atomic mass is 32.1. The highest BCUT2D eigenvalue weighted by Gasteiger charge is 2.17. The smallest absolute Gasteiger partial charge is 0.128 e. The van der Waals surface area contributed by atoms with E-state index in [1.54, 1.807) is 17.5 Å². The van der Waals surface area contributed by atoms with Crippen LogP contribution < -0.4 is 11.1 Å². The topological polar surface area (TPSA) is 63.8 Å². The molecule has 18 heavy (non-hydrogen) atoms. The summed E-state index contributed by atoms with van der Waals surface area (Å²) in [6.45, 7) is 4.07. The molecular weight excluding hydrogens is 244 g/mol. The Kier molecular flexibility index (Phi) is 3.93. The molecule has 0 spiro atoms. The average Bonchev–Trinajstić information content (AvgIpc) is 2.73. The molecule has 0 aliphatic heterocycles. The van der Waals surface area contributed by atoms with Crippen LogP contribution in [0.25, 0.3) is 0 Å². The van der Waals surface area contributed by atoms with Gasteiger partial charge in [0.25, 0.3) is 0 Å². The molecule has 0 saturated carbocycles. The zero-order chi connectivity index (χ0) is 13.1. The third kappa shape index (κ3) is 2.68. The van der Waals surface area contributed by atoms with Crippen molar-refractivity contribution in [1.29, 1.82) is 0 Å². The highest BCUT2D eigenvalue weighted by Crippen LogP contribution is 2.26. The lowest BCUT2D eigenvalue weighted by Gasteiger charge is -2.19. The predicted molar refractivity (Wildman–Crippen MR) is 75.7 cm³/mol. The van der Waals surface area contributed by atoms with Crippen LogP contribution in [0.15, 0.2) is 17.6 Å². The third-order valence-electron chi connectivity index (χ3n) is 2.98. The summed E-state index contributed by atoms with van der Waals surface area (Å²) in [5.41, 5.74) is 9.30. The first kappa shape index (κ1) is 13.0. The number of likely N-dealkylation sites (N-methyl/N-ethyl adjacent to an activating group) is 1. The van der Waals surface area contributed by atoms with Crippen molar-refractivity contribution in [3.8, 4) is 0 Å². The predicted octanol–water partition coefficient (Wildman–Crippen LogP) is 2.24. The largest absolute Gasteiger partial charge is 0.383 e. The summed E-state index contributed by atoms with van der Waals surface area (Å²) in [6, 6.07) is 2.15. The second-order valence-corrected chi connectivity index (χ2v) is 5.30. The van der Waals surface area contributed by atoms with Crippen LogP contribution in [-0.4, -0.2) is 17.0 Å². The summed E-state index contributed by atoms with van der Waals surface area (Å²) in [4.78, 5) is 8.68. The number of nitrogens with one attached hydrogen (secondary N) is 1. The Balaban J connectivity index is 2.28. The van der Waals surface area contributed by atoms with E-state index in [2.05, 4.69) is 27.6 Å². The van der Waals surface area contributed by atoms with Gasteiger partial charge >= 0.3 is 0 Å². The first-order valence-electron chi connectivity index (χ1n) is 5.91. The van der Waals surface area contributed by atoms with Crippen LogP contribution in [0.3, 0.4) is 0 Å². The number of anilines is 1. The summed E-state index contributed by atoms with van der Waals surface area (Å²) in [5, 5.41) is 6.50. The van der Waals surface area contributed by atoms with Crippen LogP contribution in [0, 0.1) is 13.8 Å². The molecule has 96 valence electrons. The molecule has 0 aliphatic rings. The fourth-order valence-corrected chi connectivity index (χ4v) is 2.88. The number of nitrogens with zero attached hydrogens (tertiary/aromatic N) is 2. The van der Waals surface area contributed by atoms with Crippen LogP contribution >= 0.6 is 11.3 Å². The van der Waals surface area contributed by atoms with Gasteiger partial charge in [-0.1, -0.05) is 0 Å². The van der Waals surface area contributed by atoms with Gasteiger partial charge in [0, 0.05) is 35.3 Å². The van der Waals surface area contributed by atoms with Gasteiger partial charge < -0.3 is 11.1 Å². The molecule has 1 atom stereocenters. The molecule has 0 bridgehead atoms. The molecule has 0 fully saturated rings. The first-order valence-corrected chi connectivity index (χ1v) is 6.79. The van der Waals surface area contributed by atoms with E-state index in [1.807, 2.05) is 20.0 Å². The number of hydrogen-bond donors (Lipinski definition) is 2. The Labute approximate surface area is 111 Å². The van der Waals surface area contributed by atoms with Crippen molar-refractivity contribution in [2.45, 2.75) is 26.3 Å². The van der Waals surface area contributed by atoms with Crippen LogP contribution in [-0.2, 0) is 6.42 Å². The minimum atomic E-state index is 0.157. The van der Waals surface area contributed by atoms with Crippen molar-refractivity contribution in [3.05, 3.63) is 39.5 Å². The van der Waals surface area contributed by atoms with Gasteiger partial charge in [0.15, 0.2) is 0 Å². The Morgan fingerprint density at radius 3 is 2.78 bits per heavy atom. The number of thiazole rings is 1. The molecule has 2 aromatic rings. The number of nitrogens with two attached hydrogens (primary N) is 1. The van der Waals surface area contributed by atoms with Crippen LogP contribution in [0.1, 0.15) is 27.9 Å². The van der Waals surface area contributed by atoms with Gasteiger partial charge in [0.1, 0.15) is 5.82 Å². The highest BCUT2D eigenvalue weighted by molar-refractivity contribution is 7.09. The van der Waals surface area contributed by atoms with Crippen molar-refractivity contribution in [2.75, 3.05) is 12.8 Å². The van der Waals surface area contributed by atoms with Crippen LogP contribution in [0.2, 0.25) is 0 Å². The van der Waals surface area contributed by atoms with Crippen molar-refractivity contribution < 1.29 is 0 Å². The second kappa shape index (κ2) is 5.46. The number of nitrogen functional groups attached to an aromatic ring is 1. The zero-order valence-electron chi connectivity index (χ0n) is 10.9. The van der Waals surface area contributed by atoms with E-state index in [0.717, 1.165) is 28.2 Å². The molecule has 1 unspecified atom stereocenters. The quantitative estimate of drug-likeness (QED) is 0.887. The SMILES string of the molecule is CNC(Cc1nc(C)cs1)c1c(C)ccnc1N. The minimum Gasteiger partial charge on any atom is -0.383 e. The van der Waals surface area contributed by atoms with Crippen LogP contribution in [0.4, 0.5) is 5.82 Å². The maximum atomic E-state index is 5.99. The number of aryl methyl sites for hydroxylation is 2. The summed E-state index contributed by atoms with van der Waals surface area (Å²) < 4.78 is 0. The number of pyridine rings is 1. The lowest BCUT2D eigenvalue weighted by molar-refractivity contribution is 0.587. The van der Waals surface area contributed by atoms with Gasteiger partial charge in [0.05, 0.1) is 5.01 Å². The minimum absolute atomic E-state index is 0.157. The molecule has 2 rings (SSSR count). The lowest BCUT2D eigenvalue weighted by atomic mass is 10.00. The summed E-state index contributed by atoms with van der Waals surface area (Å²) in [7, 11) is 1.94. The fraction of sp³-hybridized carbons (Fsp3) is 0.385. The summed E-state index contributed by atoms with van der Waals surface area (Å²) in [5.74, 6) is 0.600. The molecule has 0 aliphatic carbocycles. The van der Waals surface area contributed by atoms with E-state index < -0.39 is 0 Å². The Morgan fingerprint density at radius 1 is 1.44 bits per heavy atom. The Hall–Kier alpha value is -1.46. The molecule has 5 heteroatoms. The molecule has 0 saturated heterocycles. The molecular formula is C13H18N4S. The normalized spacial score (nSPS) is 12.6. The first-order chi connectivity index (χ1) is 8.61. The van der Waals surface area contributed by atoms with Gasteiger partial charge in [-0.05, 0) is 32.5 Å². The van der Waals surface area contributed by atoms with E-state index in [0.29, 0.717) is 5.82 Å². The van der Waals surface area contributed by atoms with E-state index in [9.17, 15) is 0 Å². The Morgan fingerprint density at radius 2 is 2.22 bits per heavy atom. The molecule has 2 aromatic heterocycles. The second-order valence-electron chi connectivity index (χ2n) is 4.35.